The summed E-state index contributed by atoms with van der Waals surface area (Å²) in [4.78, 5) is 4.62. The zero-order chi connectivity index (χ0) is 14.7. The van der Waals surface area contributed by atoms with Crippen LogP contribution in [0, 0.1) is 0 Å². The Kier molecular flexibility index (Phi) is 3.75. The molecule has 2 heterocycles. The van der Waals surface area contributed by atoms with Crippen LogP contribution in [-0.4, -0.2) is 34.8 Å². The van der Waals surface area contributed by atoms with Crippen LogP contribution in [0.15, 0.2) is 48.7 Å². The SMILES string of the molecule is COCCNc1c(-c2ccccc2O)nc2ccccn12. The highest BCUT2D eigenvalue weighted by Gasteiger charge is 2.15. The molecule has 0 fully saturated rings. The van der Waals surface area contributed by atoms with E-state index in [9.17, 15) is 5.11 Å². The van der Waals surface area contributed by atoms with Crippen molar-refractivity contribution in [3.8, 4) is 17.0 Å². The number of hydrogen-bond acceptors (Lipinski definition) is 4. The van der Waals surface area contributed by atoms with Gasteiger partial charge in [0.05, 0.1) is 6.61 Å². The maximum atomic E-state index is 10.1. The number of pyridine rings is 1. The number of para-hydroxylation sites is 1. The lowest BCUT2D eigenvalue weighted by atomic mass is 10.1. The summed E-state index contributed by atoms with van der Waals surface area (Å²) in [5.41, 5.74) is 2.27. The number of rotatable bonds is 5. The smallest absolute Gasteiger partial charge is 0.139 e. The van der Waals surface area contributed by atoms with Crippen molar-refractivity contribution in [2.24, 2.45) is 0 Å². The molecule has 0 aliphatic rings. The molecule has 3 rings (SSSR count). The Labute approximate surface area is 122 Å². The summed E-state index contributed by atoms with van der Waals surface area (Å²) in [5.74, 6) is 1.07. The molecule has 0 bridgehead atoms. The minimum absolute atomic E-state index is 0.218. The van der Waals surface area contributed by atoms with E-state index >= 15 is 0 Å². The van der Waals surface area contributed by atoms with Crippen LogP contribution in [0.5, 0.6) is 5.75 Å². The molecule has 2 aromatic heterocycles. The quantitative estimate of drug-likeness (QED) is 0.707. The van der Waals surface area contributed by atoms with Crippen LogP contribution in [0.2, 0.25) is 0 Å². The minimum atomic E-state index is 0.218. The van der Waals surface area contributed by atoms with Gasteiger partial charge in [-0.1, -0.05) is 18.2 Å². The fourth-order valence-corrected chi connectivity index (χ4v) is 2.30. The Bertz CT molecular complexity index is 752. The van der Waals surface area contributed by atoms with E-state index in [1.54, 1.807) is 19.2 Å². The lowest BCUT2D eigenvalue weighted by molar-refractivity contribution is 0.210. The van der Waals surface area contributed by atoms with E-state index in [0.717, 1.165) is 17.2 Å². The largest absolute Gasteiger partial charge is 0.507 e. The van der Waals surface area contributed by atoms with Gasteiger partial charge in [-0.15, -0.1) is 0 Å². The van der Waals surface area contributed by atoms with Crippen molar-refractivity contribution < 1.29 is 9.84 Å². The molecular weight excluding hydrogens is 266 g/mol. The average molecular weight is 283 g/mol. The molecule has 0 spiro atoms. The molecule has 5 heteroatoms. The zero-order valence-corrected chi connectivity index (χ0v) is 11.8. The standard InChI is InChI=1S/C16H17N3O2/c1-21-11-9-17-16-15(12-6-2-3-7-13(12)20)18-14-8-4-5-10-19(14)16/h2-8,10,17,20H,9,11H2,1H3. The van der Waals surface area contributed by atoms with Gasteiger partial charge in [-0.2, -0.15) is 0 Å². The van der Waals surface area contributed by atoms with Gasteiger partial charge in [0, 0.05) is 25.4 Å². The van der Waals surface area contributed by atoms with E-state index < -0.39 is 0 Å². The van der Waals surface area contributed by atoms with Crippen LogP contribution in [0.25, 0.3) is 16.9 Å². The van der Waals surface area contributed by atoms with E-state index in [-0.39, 0.29) is 5.75 Å². The van der Waals surface area contributed by atoms with Crippen LogP contribution in [0.1, 0.15) is 0 Å². The number of ether oxygens (including phenoxy) is 1. The number of nitrogens with one attached hydrogen (secondary N) is 1. The first-order valence-electron chi connectivity index (χ1n) is 6.79. The molecule has 0 atom stereocenters. The molecular formula is C16H17N3O2. The number of methoxy groups -OCH3 is 1. The summed E-state index contributed by atoms with van der Waals surface area (Å²) >= 11 is 0. The monoisotopic (exact) mass is 283 g/mol. The molecule has 0 radical (unpaired) electrons. The lowest BCUT2D eigenvalue weighted by Gasteiger charge is -2.09. The van der Waals surface area contributed by atoms with E-state index in [0.29, 0.717) is 18.7 Å². The highest BCUT2D eigenvalue weighted by Crippen LogP contribution is 2.34. The third kappa shape index (κ3) is 2.55. The van der Waals surface area contributed by atoms with Crippen molar-refractivity contribution >= 4 is 11.5 Å². The number of phenolic OH excluding ortho intramolecular Hbond substituents is 1. The average Bonchev–Trinajstić information content (AvgIpc) is 2.87. The second-order valence-corrected chi connectivity index (χ2v) is 4.67. The van der Waals surface area contributed by atoms with Crippen LogP contribution in [-0.2, 0) is 4.74 Å². The fraction of sp³-hybridized carbons (Fsp3) is 0.188. The van der Waals surface area contributed by atoms with Crippen molar-refractivity contribution in [3.63, 3.8) is 0 Å². The van der Waals surface area contributed by atoms with Gasteiger partial charge in [0.15, 0.2) is 0 Å². The maximum absolute atomic E-state index is 10.1. The van der Waals surface area contributed by atoms with Crippen LogP contribution < -0.4 is 5.32 Å². The minimum Gasteiger partial charge on any atom is -0.507 e. The normalized spacial score (nSPS) is 10.9. The van der Waals surface area contributed by atoms with E-state index in [1.165, 1.54) is 0 Å². The van der Waals surface area contributed by atoms with Gasteiger partial charge in [0.25, 0.3) is 0 Å². The number of benzene rings is 1. The van der Waals surface area contributed by atoms with Crippen molar-refractivity contribution in [2.75, 3.05) is 25.6 Å². The number of fused-ring (bicyclic) bond motifs is 1. The van der Waals surface area contributed by atoms with Gasteiger partial charge in [-0.3, -0.25) is 4.40 Å². The summed E-state index contributed by atoms with van der Waals surface area (Å²) in [6.07, 6.45) is 1.95. The van der Waals surface area contributed by atoms with Gasteiger partial charge in [-0.25, -0.2) is 4.98 Å². The van der Waals surface area contributed by atoms with Crippen LogP contribution in [0.3, 0.4) is 0 Å². The van der Waals surface area contributed by atoms with E-state index in [1.807, 2.05) is 40.9 Å². The predicted molar refractivity (Wildman–Crippen MR) is 82.7 cm³/mol. The number of aromatic nitrogens is 2. The molecule has 108 valence electrons. The summed E-state index contributed by atoms with van der Waals surface area (Å²) in [5, 5.41) is 13.4. The Morgan fingerprint density at radius 3 is 2.81 bits per heavy atom. The lowest BCUT2D eigenvalue weighted by Crippen LogP contribution is -2.10. The second kappa shape index (κ2) is 5.85. The van der Waals surface area contributed by atoms with Crippen molar-refractivity contribution in [3.05, 3.63) is 48.7 Å². The number of nitrogens with zero attached hydrogens (tertiary/aromatic N) is 2. The third-order valence-electron chi connectivity index (χ3n) is 3.29. The Morgan fingerprint density at radius 1 is 1.19 bits per heavy atom. The Morgan fingerprint density at radius 2 is 2.00 bits per heavy atom. The van der Waals surface area contributed by atoms with E-state index in [2.05, 4.69) is 10.3 Å². The maximum Gasteiger partial charge on any atom is 0.139 e. The molecule has 0 saturated carbocycles. The molecule has 3 aromatic rings. The first-order chi connectivity index (χ1) is 10.3. The first kappa shape index (κ1) is 13.5. The molecule has 0 aliphatic carbocycles. The summed E-state index contributed by atoms with van der Waals surface area (Å²) in [6.45, 7) is 1.26. The molecule has 0 unspecified atom stereocenters. The van der Waals surface area contributed by atoms with Crippen molar-refractivity contribution in [1.29, 1.82) is 0 Å². The summed E-state index contributed by atoms with van der Waals surface area (Å²) in [6, 6.07) is 13.0. The number of anilines is 1. The number of phenols is 1. The van der Waals surface area contributed by atoms with Crippen molar-refractivity contribution in [2.45, 2.75) is 0 Å². The predicted octanol–water partition coefficient (Wildman–Crippen LogP) is 2.77. The van der Waals surface area contributed by atoms with Crippen LogP contribution in [0.4, 0.5) is 5.82 Å². The second-order valence-electron chi connectivity index (χ2n) is 4.67. The number of aromatic hydroxyl groups is 1. The molecule has 0 amide bonds. The molecule has 0 saturated heterocycles. The number of hydrogen-bond donors (Lipinski definition) is 2. The fourth-order valence-electron chi connectivity index (χ4n) is 2.30. The number of imidazole rings is 1. The molecule has 1 aromatic carbocycles. The molecule has 0 aliphatic heterocycles. The topological polar surface area (TPSA) is 58.8 Å². The highest BCUT2D eigenvalue weighted by molar-refractivity contribution is 5.79. The van der Waals surface area contributed by atoms with Gasteiger partial charge in [-0.05, 0) is 24.3 Å². The van der Waals surface area contributed by atoms with Gasteiger partial charge in [0.1, 0.15) is 22.9 Å². The molecule has 2 N–H and O–H groups in total. The van der Waals surface area contributed by atoms with E-state index in [4.69, 9.17) is 4.74 Å². The van der Waals surface area contributed by atoms with Crippen LogP contribution >= 0.6 is 0 Å². The molecule has 5 nitrogen and oxygen atoms in total. The summed E-state index contributed by atoms with van der Waals surface area (Å²) < 4.78 is 7.05. The van der Waals surface area contributed by atoms with Gasteiger partial charge < -0.3 is 15.2 Å². The Balaban J connectivity index is 2.12. The first-order valence-corrected chi connectivity index (χ1v) is 6.79. The molecule has 21 heavy (non-hydrogen) atoms. The highest BCUT2D eigenvalue weighted by atomic mass is 16.5. The Hall–Kier alpha value is -2.53. The van der Waals surface area contributed by atoms with Gasteiger partial charge in [0.2, 0.25) is 0 Å². The summed E-state index contributed by atoms with van der Waals surface area (Å²) in [7, 11) is 1.67. The third-order valence-corrected chi connectivity index (χ3v) is 3.29. The van der Waals surface area contributed by atoms with Gasteiger partial charge >= 0.3 is 0 Å². The van der Waals surface area contributed by atoms with Crippen molar-refractivity contribution in [1.82, 2.24) is 9.38 Å². The zero-order valence-electron chi connectivity index (χ0n) is 11.8.